The molecule has 0 radical (unpaired) electrons. The lowest BCUT2D eigenvalue weighted by atomic mass is 10.1. The first-order valence-electron chi connectivity index (χ1n) is 10.7. The van der Waals surface area contributed by atoms with Crippen LogP contribution in [0.3, 0.4) is 0 Å². The molecule has 8 nitrogen and oxygen atoms in total. The molecule has 168 valence electrons. The summed E-state index contributed by atoms with van der Waals surface area (Å²) in [6, 6.07) is 15.8. The highest BCUT2D eigenvalue weighted by molar-refractivity contribution is 5.88. The summed E-state index contributed by atoms with van der Waals surface area (Å²) in [5.74, 6) is 0.734. The van der Waals surface area contributed by atoms with Crippen molar-refractivity contribution in [2.24, 2.45) is 0 Å². The van der Waals surface area contributed by atoms with Crippen molar-refractivity contribution in [2.45, 2.75) is 46.2 Å². The number of benzene rings is 2. The maximum Gasteiger partial charge on any atom is 0.248 e. The van der Waals surface area contributed by atoms with E-state index in [-0.39, 0.29) is 24.3 Å². The van der Waals surface area contributed by atoms with E-state index in [4.69, 9.17) is 4.74 Å². The molecule has 0 saturated carbocycles. The number of aromatic nitrogens is 3. The van der Waals surface area contributed by atoms with Gasteiger partial charge in [-0.1, -0.05) is 42.5 Å². The molecule has 0 aliphatic rings. The third-order valence-corrected chi connectivity index (χ3v) is 4.83. The maximum atomic E-state index is 12.1. The SMILES string of the molecule is Cc1ccc(C)c(OCCCCC(=O)Nc2ncn(CC(=O)NCc3ccccc3)n2)c1. The Morgan fingerprint density at radius 2 is 1.84 bits per heavy atom. The normalized spacial score (nSPS) is 10.6. The Labute approximate surface area is 188 Å². The summed E-state index contributed by atoms with van der Waals surface area (Å²) in [4.78, 5) is 28.2. The molecule has 8 heteroatoms. The standard InChI is InChI=1S/C24H29N5O3/c1-18-11-12-19(2)21(14-18)32-13-7-6-10-22(30)27-24-26-17-29(28-24)16-23(31)25-15-20-8-4-3-5-9-20/h3-5,8-9,11-12,14,17H,6-7,10,13,15-16H2,1-2H3,(H,25,31)(H,27,28,30). The smallest absolute Gasteiger partial charge is 0.248 e. The minimum Gasteiger partial charge on any atom is -0.493 e. The summed E-state index contributed by atoms with van der Waals surface area (Å²) in [7, 11) is 0. The minimum atomic E-state index is -0.180. The predicted molar refractivity (Wildman–Crippen MR) is 122 cm³/mol. The quantitative estimate of drug-likeness (QED) is 0.450. The van der Waals surface area contributed by atoms with Crippen molar-refractivity contribution in [3.8, 4) is 5.75 Å². The predicted octanol–water partition coefficient (Wildman–Crippen LogP) is 3.40. The van der Waals surface area contributed by atoms with Crippen molar-refractivity contribution in [1.82, 2.24) is 20.1 Å². The molecule has 0 saturated heterocycles. The number of unbranched alkanes of at least 4 members (excludes halogenated alkanes) is 1. The second kappa shape index (κ2) is 11.6. The molecule has 0 aliphatic heterocycles. The van der Waals surface area contributed by atoms with Crippen molar-refractivity contribution in [2.75, 3.05) is 11.9 Å². The van der Waals surface area contributed by atoms with Gasteiger partial charge in [0.15, 0.2) is 0 Å². The first-order chi connectivity index (χ1) is 15.5. The third-order valence-electron chi connectivity index (χ3n) is 4.83. The molecule has 2 aromatic carbocycles. The number of carbonyl (C=O) groups excluding carboxylic acids is 2. The van der Waals surface area contributed by atoms with Gasteiger partial charge in [-0.2, -0.15) is 0 Å². The molecule has 1 heterocycles. The average Bonchev–Trinajstić information content (AvgIpc) is 3.21. The van der Waals surface area contributed by atoms with Gasteiger partial charge in [-0.25, -0.2) is 9.67 Å². The van der Waals surface area contributed by atoms with Crippen LogP contribution in [0.4, 0.5) is 5.95 Å². The van der Waals surface area contributed by atoms with Gasteiger partial charge in [-0.3, -0.25) is 14.9 Å². The molecule has 0 unspecified atom stereocenters. The van der Waals surface area contributed by atoms with Gasteiger partial charge in [0.05, 0.1) is 6.61 Å². The van der Waals surface area contributed by atoms with E-state index in [1.54, 1.807) is 0 Å². The summed E-state index contributed by atoms with van der Waals surface area (Å²) in [5, 5.41) is 9.63. The second-order valence-corrected chi connectivity index (χ2v) is 7.65. The van der Waals surface area contributed by atoms with Gasteiger partial charge < -0.3 is 10.1 Å². The molecule has 0 bridgehead atoms. The largest absolute Gasteiger partial charge is 0.493 e. The molecule has 0 atom stereocenters. The lowest BCUT2D eigenvalue weighted by Gasteiger charge is -2.09. The van der Waals surface area contributed by atoms with Crippen LogP contribution >= 0.6 is 0 Å². The number of hydrogen-bond donors (Lipinski definition) is 2. The van der Waals surface area contributed by atoms with Gasteiger partial charge in [0.2, 0.25) is 17.8 Å². The number of rotatable bonds is 11. The number of anilines is 1. The second-order valence-electron chi connectivity index (χ2n) is 7.65. The Balaban J connectivity index is 1.32. The fraction of sp³-hybridized carbons (Fsp3) is 0.333. The number of ether oxygens (including phenoxy) is 1. The van der Waals surface area contributed by atoms with Crippen LogP contribution in [0.25, 0.3) is 0 Å². The van der Waals surface area contributed by atoms with Crippen LogP contribution in [0, 0.1) is 13.8 Å². The molecule has 3 rings (SSSR count). The Hall–Kier alpha value is -3.68. The average molecular weight is 436 g/mol. The first kappa shape index (κ1) is 23.0. The van der Waals surface area contributed by atoms with E-state index in [9.17, 15) is 9.59 Å². The number of hydrogen-bond acceptors (Lipinski definition) is 5. The zero-order chi connectivity index (χ0) is 22.8. The number of nitrogens with zero attached hydrogens (tertiary/aromatic N) is 3. The van der Waals surface area contributed by atoms with Crippen LogP contribution in [-0.2, 0) is 22.7 Å². The van der Waals surface area contributed by atoms with Crippen molar-refractivity contribution < 1.29 is 14.3 Å². The summed E-state index contributed by atoms with van der Waals surface area (Å²) < 4.78 is 7.21. The molecule has 32 heavy (non-hydrogen) atoms. The summed E-state index contributed by atoms with van der Waals surface area (Å²) in [5.41, 5.74) is 3.28. The lowest BCUT2D eigenvalue weighted by Crippen LogP contribution is -2.27. The van der Waals surface area contributed by atoms with Crippen LogP contribution in [-0.4, -0.2) is 33.2 Å². The Bertz CT molecular complexity index is 1030. The molecule has 0 aliphatic carbocycles. The molecule has 0 fully saturated rings. The highest BCUT2D eigenvalue weighted by atomic mass is 16.5. The maximum absolute atomic E-state index is 12.1. The highest BCUT2D eigenvalue weighted by Crippen LogP contribution is 2.19. The number of amides is 2. The zero-order valence-electron chi connectivity index (χ0n) is 18.5. The van der Waals surface area contributed by atoms with E-state index in [2.05, 4.69) is 26.8 Å². The molecule has 2 amide bonds. The van der Waals surface area contributed by atoms with Crippen LogP contribution in [0.15, 0.2) is 54.9 Å². The number of aryl methyl sites for hydroxylation is 2. The van der Waals surface area contributed by atoms with E-state index < -0.39 is 0 Å². The van der Waals surface area contributed by atoms with Gasteiger partial charge in [-0.15, -0.1) is 5.10 Å². The molecule has 2 N–H and O–H groups in total. The van der Waals surface area contributed by atoms with Crippen LogP contribution in [0.2, 0.25) is 0 Å². The van der Waals surface area contributed by atoms with E-state index >= 15 is 0 Å². The monoisotopic (exact) mass is 435 g/mol. The van der Waals surface area contributed by atoms with Gasteiger partial charge in [0.1, 0.15) is 18.6 Å². The Morgan fingerprint density at radius 1 is 1.03 bits per heavy atom. The molecule has 1 aromatic heterocycles. The van der Waals surface area contributed by atoms with E-state index in [1.807, 2.05) is 56.3 Å². The molecular weight excluding hydrogens is 406 g/mol. The molecule has 3 aromatic rings. The van der Waals surface area contributed by atoms with Crippen molar-refractivity contribution in [3.63, 3.8) is 0 Å². The van der Waals surface area contributed by atoms with E-state index in [1.165, 1.54) is 11.0 Å². The fourth-order valence-electron chi connectivity index (χ4n) is 3.05. The summed E-state index contributed by atoms with van der Waals surface area (Å²) in [6.45, 7) is 5.09. The first-order valence-corrected chi connectivity index (χ1v) is 10.7. The minimum absolute atomic E-state index is 0.0332. The van der Waals surface area contributed by atoms with Crippen molar-refractivity contribution >= 4 is 17.8 Å². The van der Waals surface area contributed by atoms with Gasteiger partial charge in [0.25, 0.3) is 0 Å². The van der Waals surface area contributed by atoms with Gasteiger partial charge >= 0.3 is 0 Å². The van der Waals surface area contributed by atoms with E-state index in [0.717, 1.165) is 28.9 Å². The van der Waals surface area contributed by atoms with Crippen LogP contribution in [0.5, 0.6) is 5.75 Å². The molecule has 0 spiro atoms. The number of nitrogens with one attached hydrogen (secondary N) is 2. The van der Waals surface area contributed by atoms with Crippen molar-refractivity contribution in [1.29, 1.82) is 0 Å². The molecular formula is C24H29N5O3. The lowest BCUT2D eigenvalue weighted by molar-refractivity contribution is -0.122. The third kappa shape index (κ3) is 7.54. The van der Waals surface area contributed by atoms with Gasteiger partial charge in [-0.05, 0) is 49.4 Å². The van der Waals surface area contributed by atoms with Crippen LogP contribution < -0.4 is 15.4 Å². The van der Waals surface area contributed by atoms with E-state index in [0.29, 0.717) is 26.0 Å². The van der Waals surface area contributed by atoms with Crippen molar-refractivity contribution in [3.05, 3.63) is 71.5 Å². The summed E-state index contributed by atoms with van der Waals surface area (Å²) >= 11 is 0. The summed E-state index contributed by atoms with van der Waals surface area (Å²) in [6.07, 6.45) is 3.24. The number of carbonyl (C=O) groups is 2. The van der Waals surface area contributed by atoms with Gasteiger partial charge in [0, 0.05) is 13.0 Å². The fourth-order valence-corrected chi connectivity index (χ4v) is 3.05. The van der Waals surface area contributed by atoms with Crippen LogP contribution in [0.1, 0.15) is 36.0 Å². The Morgan fingerprint density at radius 3 is 2.66 bits per heavy atom. The highest BCUT2D eigenvalue weighted by Gasteiger charge is 2.09. The zero-order valence-corrected chi connectivity index (χ0v) is 18.5. The Kier molecular flexibility index (Phi) is 8.36. The topological polar surface area (TPSA) is 98.1 Å².